The average Bonchev–Trinajstić information content (AvgIpc) is 1.08. The number of nitro benzene ring substituents is 1. The molecular weight excluding hydrogens is 1560 g/mol. The van der Waals surface area contributed by atoms with Crippen LogP contribution < -0.4 is 36.6 Å². The van der Waals surface area contributed by atoms with Crippen molar-refractivity contribution in [2.24, 2.45) is 5.92 Å². The molecule has 1 aliphatic rings. The third-order valence-electron chi connectivity index (χ3n) is 16.0. The number of methoxy groups -OCH3 is 1. The van der Waals surface area contributed by atoms with E-state index in [0.29, 0.717) is 191 Å². The van der Waals surface area contributed by atoms with Gasteiger partial charge in [0.15, 0.2) is 0 Å². The van der Waals surface area contributed by atoms with Crippen LogP contribution in [-0.4, -0.2) is 350 Å². The smallest absolute Gasteiger partial charge is 0.481 e. The number of hydrogen-bond acceptors (Lipinski definition) is 32. The Labute approximate surface area is 687 Å². The number of amides is 8. The highest BCUT2D eigenvalue weighted by molar-refractivity contribution is 6.13. The van der Waals surface area contributed by atoms with Crippen LogP contribution in [-0.2, 0) is 135 Å². The van der Waals surface area contributed by atoms with Crippen molar-refractivity contribution in [3.8, 4) is 5.75 Å². The van der Waals surface area contributed by atoms with E-state index in [1.54, 1.807) is 21.0 Å². The van der Waals surface area contributed by atoms with Gasteiger partial charge in [0, 0.05) is 74.3 Å². The number of carbonyl (C=O) groups excluding carboxylic acids is 9. The number of nitrogens with zero attached hydrogens (tertiary/aromatic N) is 2. The third kappa shape index (κ3) is 53.9. The lowest BCUT2D eigenvalue weighted by atomic mass is 10.0. The Morgan fingerprint density at radius 2 is 0.907 bits per heavy atom. The molecule has 0 fully saturated rings. The van der Waals surface area contributed by atoms with Crippen molar-refractivity contribution in [2.75, 3.05) is 263 Å². The Hall–Kier alpha value is -8.44. The molecule has 0 aromatic heterocycles. The molecule has 3 atom stereocenters. The molecule has 668 valence electrons. The topological polar surface area (TPSA) is 494 Å². The van der Waals surface area contributed by atoms with Crippen molar-refractivity contribution in [1.29, 1.82) is 0 Å². The first-order valence-electron chi connectivity index (χ1n) is 39.3. The van der Waals surface area contributed by atoms with Crippen molar-refractivity contribution in [1.82, 2.24) is 31.5 Å². The summed E-state index contributed by atoms with van der Waals surface area (Å²) in [6.45, 7) is 16.2. The van der Waals surface area contributed by atoms with Crippen LogP contribution in [0.2, 0.25) is 0 Å². The molecule has 41 nitrogen and oxygen atoms in total. The van der Waals surface area contributed by atoms with Crippen LogP contribution in [0.4, 0.5) is 16.2 Å². The quantitative estimate of drug-likeness (QED) is 0.0123. The second-order valence-electron chi connectivity index (χ2n) is 25.7. The first kappa shape index (κ1) is 104. The Morgan fingerprint density at radius 3 is 1.35 bits per heavy atom. The number of carboxylic acid groups (broad SMARTS) is 1. The van der Waals surface area contributed by atoms with E-state index in [1.807, 2.05) is 0 Å². The summed E-state index contributed by atoms with van der Waals surface area (Å²) in [5.41, 5.74) is -0.0412. The number of hydrogen-bond donors (Lipinski definition) is 7. The first-order valence-corrected chi connectivity index (χ1v) is 39.3. The van der Waals surface area contributed by atoms with Crippen LogP contribution >= 0.6 is 0 Å². The molecule has 8 amide bonds. The van der Waals surface area contributed by atoms with Gasteiger partial charge in [-0.1, -0.05) is 19.9 Å². The van der Waals surface area contributed by atoms with E-state index in [0.717, 1.165) is 29.2 Å². The maximum absolute atomic E-state index is 14.1. The SMILES string of the molecule is COCCOCCOCCOCCOCCOCCOCCOCCOCCOCC(=O)NCCCC[C@H](NC(=O)CCCN1C(=O)C=CC1=O)C(=O)N[C@H](C(=O)N[C@@H](C)C(=O)Nc1ccc(COC(=O)Oc2ccc([N+](=O)[O-])cc2)c(C(=O)NCCOCCOCCOCCOCCOCCOCCOCCOCCC(=O)O)c1)C(C)C. The van der Waals surface area contributed by atoms with Gasteiger partial charge in [0.05, 0.1) is 236 Å². The molecule has 0 saturated carbocycles. The molecule has 0 spiro atoms. The summed E-state index contributed by atoms with van der Waals surface area (Å²) in [5.74, 6) is -6.45. The number of rotatable bonds is 78. The second kappa shape index (κ2) is 69.4. The number of ether oxygens (including phenoxy) is 20. The zero-order chi connectivity index (χ0) is 85.7. The lowest BCUT2D eigenvalue weighted by molar-refractivity contribution is -0.384. The molecular formula is C77H122N8O33. The first-order chi connectivity index (χ1) is 57.3. The summed E-state index contributed by atoms with van der Waals surface area (Å²) < 4.78 is 108. The molecule has 7 N–H and O–H groups in total. The minimum atomic E-state index is -1.26. The summed E-state index contributed by atoms with van der Waals surface area (Å²) in [6, 6.07) is 5.09. The van der Waals surface area contributed by atoms with Gasteiger partial charge in [0.1, 0.15) is 37.1 Å². The summed E-state index contributed by atoms with van der Waals surface area (Å²) in [5, 5.41) is 35.9. The normalized spacial score (nSPS) is 12.7. The van der Waals surface area contributed by atoms with Crippen molar-refractivity contribution < 1.29 is 153 Å². The van der Waals surface area contributed by atoms with Crippen LogP contribution in [0.5, 0.6) is 5.75 Å². The highest BCUT2D eigenvalue weighted by atomic mass is 16.7. The molecule has 0 saturated heterocycles. The summed E-state index contributed by atoms with van der Waals surface area (Å²) in [6.07, 6.45) is 1.65. The Kier molecular flexibility index (Phi) is 61.0. The Bertz CT molecular complexity index is 3140. The number of imide groups is 1. The minimum absolute atomic E-state index is 0.00893. The van der Waals surface area contributed by atoms with Crippen molar-refractivity contribution >= 4 is 70.8 Å². The molecule has 0 bridgehead atoms. The fraction of sp³-hybridized carbons (Fsp3) is 0.688. The maximum atomic E-state index is 14.1. The van der Waals surface area contributed by atoms with E-state index < -0.39 is 95.0 Å². The van der Waals surface area contributed by atoms with Crippen molar-refractivity contribution in [3.63, 3.8) is 0 Å². The maximum Gasteiger partial charge on any atom is 0.514 e. The molecule has 1 heterocycles. The fourth-order valence-electron chi connectivity index (χ4n) is 9.83. The monoisotopic (exact) mass is 1690 g/mol. The van der Waals surface area contributed by atoms with E-state index in [2.05, 4.69) is 31.9 Å². The molecule has 0 unspecified atom stereocenters. The van der Waals surface area contributed by atoms with Gasteiger partial charge < -0.3 is 132 Å². The lowest BCUT2D eigenvalue weighted by Crippen LogP contribution is -2.57. The fourth-order valence-corrected chi connectivity index (χ4v) is 9.83. The van der Waals surface area contributed by atoms with Crippen LogP contribution in [0.15, 0.2) is 54.6 Å². The van der Waals surface area contributed by atoms with E-state index in [4.69, 9.17) is 99.8 Å². The van der Waals surface area contributed by atoms with Gasteiger partial charge >= 0.3 is 12.1 Å². The third-order valence-corrected chi connectivity index (χ3v) is 16.0. The van der Waals surface area contributed by atoms with Crippen LogP contribution in [0.1, 0.15) is 75.2 Å². The molecule has 2 aromatic carbocycles. The number of aliphatic carboxylic acids is 1. The molecule has 41 heteroatoms. The van der Waals surface area contributed by atoms with Crippen molar-refractivity contribution in [3.05, 3.63) is 75.9 Å². The van der Waals surface area contributed by atoms with Crippen LogP contribution in [0, 0.1) is 16.0 Å². The van der Waals surface area contributed by atoms with E-state index >= 15 is 0 Å². The standard InChI is InChI=1S/C77H122N8O33/c1-59(2)72(83-75(94)66(82-67(86)9-7-21-84-69(88)16-17-70(84)89)8-5-6-19-78-68(87)58-116-55-54-115-53-52-114-51-50-113-49-48-112-47-46-111-43-42-108-37-36-105-31-30-102-25-24-99-4)76(95)80-60(3)73(92)81-62-11-10-61(57-117-77(96)118-64-14-12-63(13-15-64)85(97)98)65(56-62)74(93)79-20-23-101-27-29-104-33-35-107-39-41-110-45-44-109-40-38-106-34-32-103-28-26-100-22-18-71(90)91/h10-17,56,59-60,66,72H,5-9,18-55,57-58H2,1-4H3,(H,78,87)(H,79,93)(H,80,95)(H,81,92)(H,82,86)(H,83,94)(H,90,91)/t60-,66-,72-/m0/s1. The molecule has 0 aliphatic carbocycles. The van der Waals surface area contributed by atoms with Crippen LogP contribution in [0.3, 0.4) is 0 Å². The van der Waals surface area contributed by atoms with Gasteiger partial charge in [-0.3, -0.25) is 58.2 Å². The highest BCUT2D eigenvalue weighted by Gasteiger charge is 2.31. The summed E-state index contributed by atoms with van der Waals surface area (Å²) in [4.78, 5) is 141. The molecule has 1 aliphatic heterocycles. The second-order valence-corrected chi connectivity index (χ2v) is 25.7. The number of anilines is 1. The van der Waals surface area contributed by atoms with Gasteiger partial charge in [-0.2, -0.15) is 0 Å². The van der Waals surface area contributed by atoms with Gasteiger partial charge in [-0.25, -0.2) is 4.79 Å². The lowest BCUT2D eigenvalue weighted by Gasteiger charge is -2.26. The number of carboxylic acids is 1. The number of carbonyl (C=O) groups is 10. The van der Waals surface area contributed by atoms with Gasteiger partial charge in [0.25, 0.3) is 23.4 Å². The predicted molar refractivity (Wildman–Crippen MR) is 418 cm³/mol. The van der Waals surface area contributed by atoms with E-state index in [-0.39, 0.29) is 126 Å². The van der Waals surface area contributed by atoms with E-state index in [9.17, 15) is 58.1 Å². The number of non-ortho nitro benzene ring substituents is 1. The van der Waals surface area contributed by atoms with Crippen LogP contribution in [0.25, 0.3) is 0 Å². The van der Waals surface area contributed by atoms with Gasteiger partial charge in [-0.15, -0.1) is 0 Å². The average molecular weight is 1690 g/mol. The Morgan fingerprint density at radius 1 is 0.466 bits per heavy atom. The largest absolute Gasteiger partial charge is 0.514 e. The molecule has 3 rings (SSSR count). The van der Waals surface area contributed by atoms with Gasteiger partial charge in [-0.05, 0) is 62.8 Å². The minimum Gasteiger partial charge on any atom is -0.481 e. The van der Waals surface area contributed by atoms with Crippen molar-refractivity contribution in [2.45, 2.75) is 84.0 Å². The summed E-state index contributed by atoms with van der Waals surface area (Å²) in [7, 11) is 1.62. The predicted octanol–water partition coefficient (Wildman–Crippen LogP) is 1.50. The number of nitro groups is 1. The zero-order valence-corrected chi connectivity index (χ0v) is 68.2. The Balaban J connectivity index is 1.41. The number of nitrogens with one attached hydrogen (secondary N) is 6. The molecule has 118 heavy (non-hydrogen) atoms. The summed E-state index contributed by atoms with van der Waals surface area (Å²) >= 11 is 0. The highest BCUT2D eigenvalue weighted by Crippen LogP contribution is 2.21. The zero-order valence-electron chi connectivity index (χ0n) is 68.2. The number of benzene rings is 2. The molecule has 0 radical (unpaired) electrons. The number of unbranched alkanes of at least 4 members (excludes halogenated alkanes) is 1. The molecule has 2 aromatic rings. The van der Waals surface area contributed by atoms with E-state index in [1.165, 1.54) is 37.3 Å². The van der Waals surface area contributed by atoms with Gasteiger partial charge in [0.2, 0.25) is 29.5 Å².